The van der Waals surface area contributed by atoms with Crippen molar-refractivity contribution in [1.82, 2.24) is 10.5 Å². The van der Waals surface area contributed by atoms with Crippen LogP contribution in [0.4, 0.5) is 0 Å². The van der Waals surface area contributed by atoms with Gasteiger partial charge in [-0.15, -0.1) is 0 Å². The first-order chi connectivity index (χ1) is 6.29. The van der Waals surface area contributed by atoms with Crippen molar-refractivity contribution in [3.8, 4) is 5.75 Å². The Kier molecular flexibility index (Phi) is 2.22. The lowest BCUT2D eigenvalue weighted by molar-refractivity contribution is 0.321. The molecule has 1 saturated heterocycles. The Balaban J connectivity index is 2.19. The quantitative estimate of drug-likeness (QED) is 0.682. The predicted octanol–water partition coefficient (Wildman–Crippen LogP) is 1.09. The van der Waals surface area contributed by atoms with Gasteiger partial charge in [0.05, 0.1) is 0 Å². The maximum absolute atomic E-state index is 9.44. The minimum absolute atomic E-state index is 0.193. The van der Waals surface area contributed by atoms with Crippen molar-refractivity contribution < 1.29 is 9.63 Å². The van der Waals surface area contributed by atoms with Gasteiger partial charge in [0.2, 0.25) is 0 Å². The summed E-state index contributed by atoms with van der Waals surface area (Å²) in [5, 5.41) is 16.6. The van der Waals surface area contributed by atoms with Crippen LogP contribution in [0.5, 0.6) is 5.75 Å². The largest absolute Gasteiger partial charge is 0.503 e. The minimum Gasteiger partial charge on any atom is -0.503 e. The molecule has 2 atom stereocenters. The third-order valence-corrected chi connectivity index (χ3v) is 2.71. The van der Waals surface area contributed by atoms with Gasteiger partial charge in [0.15, 0.2) is 12.0 Å². The van der Waals surface area contributed by atoms with Crippen LogP contribution in [-0.4, -0.2) is 23.4 Å². The molecule has 0 spiro atoms. The van der Waals surface area contributed by atoms with E-state index in [-0.39, 0.29) is 5.75 Å². The molecule has 4 nitrogen and oxygen atoms in total. The van der Waals surface area contributed by atoms with Crippen molar-refractivity contribution in [2.24, 2.45) is 5.92 Å². The number of aromatic nitrogens is 1. The molecular weight excluding hydrogens is 168 g/mol. The van der Waals surface area contributed by atoms with E-state index in [4.69, 9.17) is 4.52 Å². The SMILES string of the molecule is CC1CNCCC1c1nocc1O. The van der Waals surface area contributed by atoms with Crippen LogP contribution in [0.1, 0.15) is 25.0 Å². The van der Waals surface area contributed by atoms with E-state index < -0.39 is 0 Å². The van der Waals surface area contributed by atoms with E-state index in [0.29, 0.717) is 17.5 Å². The van der Waals surface area contributed by atoms with Crippen molar-refractivity contribution >= 4 is 0 Å². The Morgan fingerprint density at radius 3 is 3.15 bits per heavy atom. The zero-order valence-electron chi connectivity index (χ0n) is 7.66. The van der Waals surface area contributed by atoms with Crippen molar-refractivity contribution in [3.63, 3.8) is 0 Å². The van der Waals surface area contributed by atoms with Crippen molar-refractivity contribution in [3.05, 3.63) is 12.0 Å². The van der Waals surface area contributed by atoms with Crippen LogP contribution in [0, 0.1) is 5.92 Å². The molecule has 1 aromatic heterocycles. The second-order valence-corrected chi connectivity index (χ2v) is 3.66. The highest BCUT2D eigenvalue weighted by molar-refractivity contribution is 5.25. The van der Waals surface area contributed by atoms with Gasteiger partial charge in [0.1, 0.15) is 5.69 Å². The first-order valence-corrected chi connectivity index (χ1v) is 4.63. The Bertz CT molecular complexity index is 285. The summed E-state index contributed by atoms with van der Waals surface area (Å²) < 4.78 is 4.73. The zero-order valence-corrected chi connectivity index (χ0v) is 7.66. The summed E-state index contributed by atoms with van der Waals surface area (Å²) in [7, 11) is 0. The molecule has 1 aliphatic heterocycles. The van der Waals surface area contributed by atoms with Gasteiger partial charge in [-0.3, -0.25) is 0 Å². The molecule has 0 bridgehead atoms. The topological polar surface area (TPSA) is 58.3 Å². The molecule has 0 radical (unpaired) electrons. The molecule has 2 N–H and O–H groups in total. The first kappa shape index (κ1) is 8.56. The summed E-state index contributed by atoms with van der Waals surface area (Å²) in [5.41, 5.74) is 0.717. The van der Waals surface area contributed by atoms with Crippen LogP contribution >= 0.6 is 0 Å². The fourth-order valence-corrected chi connectivity index (χ4v) is 1.92. The number of aromatic hydroxyl groups is 1. The molecule has 2 rings (SSSR count). The molecule has 1 fully saturated rings. The number of hydrogen-bond donors (Lipinski definition) is 2. The summed E-state index contributed by atoms with van der Waals surface area (Å²) in [5.74, 6) is 1.03. The van der Waals surface area contributed by atoms with Gasteiger partial charge in [-0.25, -0.2) is 0 Å². The molecule has 72 valence electrons. The number of hydrogen-bond acceptors (Lipinski definition) is 4. The highest BCUT2D eigenvalue weighted by atomic mass is 16.5. The van der Waals surface area contributed by atoms with Crippen LogP contribution in [0.25, 0.3) is 0 Å². The number of piperidine rings is 1. The zero-order chi connectivity index (χ0) is 9.26. The maximum atomic E-state index is 9.44. The summed E-state index contributed by atoms with van der Waals surface area (Å²) in [6.45, 7) is 4.13. The van der Waals surface area contributed by atoms with E-state index in [0.717, 1.165) is 19.5 Å². The summed E-state index contributed by atoms with van der Waals surface area (Å²) in [6.07, 6.45) is 2.31. The summed E-state index contributed by atoms with van der Waals surface area (Å²) in [4.78, 5) is 0. The lowest BCUT2D eigenvalue weighted by Gasteiger charge is -2.27. The standard InChI is InChI=1S/C9H14N2O2/c1-6-4-10-3-2-7(6)9-8(12)5-13-11-9/h5-7,10,12H,2-4H2,1H3. The average molecular weight is 182 g/mol. The molecule has 1 aromatic rings. The third kappa shape index (κ3) is 1.54. The fourth-order valence-electron chi connectivity index (χ4n) is 1.92. The van der Waals surface area contributed by atoms with Gasteiger partial charge >= 0.3 is 0 Å². The highest BCUT2D eigenvalue weighted by Crippen LogP contribution is 2.33. The molecule has 0 saturated carbocycles. The molecule has 2 heterocycles. The normalized spacial score (nSPS) is 29.0. The molecule has 0 amide bonds. The Morgan fingerprint density at radius 1 is 1.69 bits per heavy atom. The predicted molar refractivity (Wildman–Crippen MR) is 47.6 cm³/mol. The molecule has 13 heavy (non-hydrogen) atoms. The van der Waals surface area contributed by atoms with Crippen LogP contribution in [0.2, 0.25) is 0 Å². The molecule has 2 unspecified atom stereocenters. The van der Waals surface area contributed by atoms with Gasteiger partial charge in [-0.2, -0.15) is 0 Å². The maximum Gasteiger partial charge on any atom is 0.179 e. The van der Waals surface area contributed by atoms with Gasteiger partial charge in [-0.05, 0) is 25.4 Å². The van der Waals surface area contributed by atoms with E-state index in [1.54, 1.807) is 0 Å². The van der Waals surface area contributed by atoms with Crippen molar-refractivity contribution in [2.45, 2.75) is 19.3 Å². The second kappa shape index (κ2) is 3.38. The minimum atomic E-state index is 0.193. The summed E-state index contributed by atoms with van der Waals surface area (Å²) >= 11 is 0. The van der Waals surface area contributed by atoms with E-state index >= 15 is 0 Å². The fraction of sp³-hybridized carbons (Fsp3) is 0.667. The van der Waals surface area contributed by atoms with Gasteiger partial charge in [-0.1, -0.05) is 12.1 Å². The lowest BCUT2D eigenvalue weighted by Crippen LogP contribution is -2.33. The van der Waals surface area contributed by atoms with E-state index in [1.807, 2.05) is 0 Å². The lowest BCUT2D eigenvalue weighted by atomic mass is 9.85. The third-order valence-electron chi connectivity index (χ3n) is 2.71. The van der Waals surface area contributed by atoms with Crippen LogP contribution < -0.4 is 5.32 Å². The van der Waals surface area contributed by atoms with Gasteiger partial charge < -0.3 is 14.9 Å². The molecule has 0 aromatic carbocycles. The average Bonchev–Trinajstić information content (AvgIpc) is 2.52. The molecular formula is C9H14N2O2. The Morgan fingerprint density at radius 2 is 2.54 bits per heavy atom. The van der Waals surface area contributed by atoms with Crippen LogP contribution in [0.15, 0.2) is 10.8 Å². The van der Waals surface area contributed by atoms with Crippen LogP contribution in [0.3, 0.4) is 0 Å². The summed E-state index contributed by atoms with van der Waals surface area (Å²) in [6, 6.07) is 0. The number of nitrogens with zero attached hydrogens (tertiary/aromatic N) is 1. The monoisotopic (exact) mass is 182 g/mol. The highest BCUT2D eigenvalue weighted by Gasteiger charge is 2.27. The Labute approximate surface area is 76.9 Å². The van der Waals surface area contributed by atoms with Crippen molar-refractivity contribution in [2.75, 3.05) is 13.1 Å². The molecule has 4 heteroatoms. The van der Waals surface area contributed by atoms with Gasteiger partial charge in [0.25, 0.3) is 0 Å². The number of rotatable bonds is 1. The Hall–Kier alpha value is -1.03. The van der Waals surface area contributed by atoms with Gasteiger partial charge in [0, 0.05) is 5.92 Å². The smallest absolute Gasteiger partial charge is 0.179 e. The molecule has 1 aliphatic rings. The first-order valence-electron chi connectivity index (χ1n) is 4.63. The molecule has 0 aliphatic carbocycles. The van der Waals surface area contributed by atoms with Crippen molar-refractivity contribution in [1.29, 1.82) is 0 Å². The second-order valence-electron chi connectivity index (χ2n) is 3.66. The van der Waals surface area contributed by atoms with E-state index in [9.17, 15) is 5.11 Å². The van der Waals surface area contributed by atoms with E-state index in [1.165, 1.54) is 6.26 Å². The van der Waals surface area contributed by atoms with Crippen LogP contribution in [-0.2, 0) is 0 Å². The number of nitrogens with one attached hydrogen (secondary N) is 1. The van der Waals surface area contributed by atoms with E-state index in [2.05, 4.69) is 17.4 Å².